The van der Waals surface area contributed by atoms with E-state index in [9.17, 15) is 9.59 Å². The molecule has 0 aliphatic rings. The maximum atomic E-state index is 11.5. The molecular weight excluding hydrogens is 236 g/mol. The molecule has 0 fully saturated rings. The molecule has 0 aliphatic carbocycles. The van der Waals surface area contributed by atoms with Crippen molar-refractivity contribution in [2.45, 2.75) is 6.54 Å². The summed E-state index contributed by atoms with van der Waals surface area (Å²) in [5.41, 5.74) is 8.17. The normalized spacial score (nSPS) is 11.2. The van der Waals surface area contributed by atoms with Crippen molar-refractivity contribution in [2.75, 3.05) is 0 Å². The van der Waals surface area contributed by atoms with Gasteiger partial charge in [0, 0.05) is 12.1 Å². The fourth-order valence-corrected chi connectivity index (χ4v) is 1.93. The second kappa shape index (κ2) is 3.74. The van der Waals surface area contributed by atoms with Crippen LogP contribution in [0.5, 0.6) is 0 Å². The standard InChI is InChI=1S/C11H10N4O3/c12-4-6-9(14-15-10(6)16)5-1-2-8-7(3-5)13-11(17)18-8/h1-3H,4,12H2,(H,13,17)(H2,14,15,16). The van der Waals surface area contributed by atoms with Gasteiger partial charge in [0.05, 0.1) is 16.8 Å². The zero-order valence-electron chi connectivity index (χ0n) is 9.24. The molecule has 0 saturated heterocycles. The van der Waals surface area contributed by atoms with Crippen LogP contribution < -0.4 is 17.0 Å². The second-order valence-electron chi connectivity index (χ2n) is 3.86. The monoisotopic (exact) mass is 246 g/mol. The highest BCUT2D eigenvalue weighted by Gasteiger charge is 2.11. The molecule has 2 heterocycles. The first-order valence-electron chi connectivity index (χ1n) is 5.32. The summed E-state index contributed by atoms with van der Waals surface area (Å²) in [7, 11) is 0. The van der Waals surface area contributed by atoms with Gasteiger partial charge >= 0.3 is 5.76 Å². The zero-order valence-corrected chi connectivity index (χ0v) is 9.24. The van der Waals surface area contributed by atoms with Gasteiger partial charge in [0.25, 0.3) is 5.56 Å². The summed E-state index contributed by atoms with van der Waals surface area (Å²) in [5, 5.41) is 5.26. The van der Waals surface area contributed by atoms with E-state index >= 15 is 0 Å². The molecule has 3 rings (SSSR count). The lowest BCUT2D eigenvalue weighted by molar-refractivity contribution is 0.555. The van der Waals surface area contributed by atoms with Gasteiger partial charge in [-0.05, 0) is 18.2 Å². The number of oxazole rings is 1. The van der Waals surface area contributed by atoms with E-state index in [0.717, 1.165) is 5.56 Å². The molecule has 7 nitrogen and oxygen atoms in total. The summed E-state index contributed by atoms with van der Waals surface area (Å²) < 4.78 is 4.90. The third kappa shape index (κ3) is 1.49. The average Bonchev–Trinajstić information content (AvgIpc) is 2.89. The number of aromatic amines is 3. The molecule has 2 aromatic heterocycles. The first-order chi connectivity index (χ1) is 8.69. The van der Waals surface area contributed by atoms with Crippen LogP contribution in [0.3, 0.4) is 0 Å². The molecular formula is C11H10N4O3. The van der Waals surface area contributed by atoms with Crippen molar-refractivity contribution in [3.63, 3.8) is 0 Å². The molecule has 18 heavy (non-hydrogen) atoms. The SMILES string of the molecule is NCc1c(-c2ccc3oc(=O)[nH]c3c2)[nH][nH]c1=O. The zero-order chi connectivity index (χ0) is 12.7. The minimum Gasteiger partial charge on any atom is -0.408 e. The van der Waals surface area contributed by atoms with Gasteiger partial charge in [-0.1, -0.05) is 0 Å². The number of fused-ring (bicyclic) bond motifs is 1. The van der Waals surface area contributed by atoms with E-state index in [1.54, 1.807) is 18.2 Å². The highest BCUT2D eigenvalue weighted by molar-refractivity contribution is 5.79. The molecule has 92 valence electrons. The quantitative estimate of drug-likeness (QED) is 0.518. The van der Waals surface area contributed by atoms with Crippen LogP contribution in [-0.4, -0.2) is 15.2 Å². The van der Waals surface area contributed by atoms with Crippen molar-refractivity contribution >= 4 is 11.1 Å². The van der Waals surface area contributed by atoms with E-state index in [1.165, 1.54) is 0 Å². The lowest BCUT2D eigenvalue weighted by Gasteiger charge is -2.00. The van der Waals surface area contributed by atoms with Crippen molar-refractivity contribution in [1.29, 1.82) is 0 Å². The highest BCUT2D eigenvalue weighted by Crippen LogP contribution is 2.22. The molecule has 0 unspecified atom stereocenters. The van der Waals surface area contributed by atoms with Crippen LogP contribution in [0.25, 0.3) is 22.4 Å². The topological polar surface area (TPSA) is 121 Å². The number of rotatable bonds is 2. The summed E-state index contributed by atoms with van der Waals surface area (Å²) in [4.78, 5) is 25.1. The lowest BCUT2D eigenvalue weighted by atomic mass is 10.1. The Morgan fingerprint density at radius 3 is 2.83 bits per heavy atom. The number of aromatic nitrogens is 3. The molecule has 0 spiro atoms. The fraction of sp³-hybridized carbons (Fsp3) is 0.0909. The van der Waals surface area contributed by atoms with Crippen LogP contribution in [0.2, 0.25) is 0 Å². The Morgan fingerprint density at radius 2 is 2.06 bits per heavy atom. The first kappa shape index (κ1) is 10.6. The van der Waals surface area contributed by atoms with E-state index in [-0.39, 0.29) is 12.1 Å². The average molecular weight is 246 g/mol. The number of nitrogens with one attached hydrogen (secondary N) is 3. The van der Waals surface area contributed by atoms with E-state index in [2.05, 4.69) is 15.2 Å². The van der Waals surface area contributed by atoms with Crippen molar-refractivity contribution in [1.82, 2.24) is 15.2 Å². The Hall–Kier alpha value is -2.54. The molecule has 0 aliphatic heterocycles. The van der Waals surface area contributed by atoms with Crippen molar-refractivity contribution in [3.8, 4) is 11.3 Å². The predicted molar refractivity (Wildman–Crippen MR) is 65.1 cm³/mol. The van der Waals surface area contributed by atoms with Gasteiger partial charge in [-0.25, -0.2) is 4.79 Å². The van der Waals surface area contributed by atoms with E-state index in [4.69, 9.17) is 10.2 Å². The highest BCUT2D eigenvalue weighted by atomic mass is 16.4. The van der Waals surface area contributed by atoms with Crippen molar-refractivity contribution in [2.24, 2.45) is 5.73 Å². The maximum absolute atomic E-state index is 11.5. The molecule has 0 saturated carbocycles. The predicted octanol–water partition coefficient (Wildman–Crippen LogP) is 0.263. The molecule has 0 radical (unpaired) electrons. The van der Waals surface area contributed by atoms with Gasteiger partial charge in [-0.3, -0.25) is 20.0 Å². The Kier molecular flexibility index (Phi) is 2.20. The summed E-state index contributed by atoms with van der Waals surface area (Å²) in [6, 6.07) is 5.13. The van der Waals surface area contributed by atoms with Gasteiger partial charge in [0.1, 0.15) is 0 Å². The summed E-state index contributed by atoms with van der Waals surface area (Å²) in [5.74, 6) is -0.510. The molecule has 0 atom stereocenters. The fourth-order valence-electron chi connectivity index (χ4n) is 1.93. The van der Waals surface area contributed by atoms with Gasteiger partial charge in [0.2, 0.25) is 0 Å². The van der Waals surface area contributed by atoms with Crippen LogP contribution in [0.15, 0.2) is 32.2 Å². The summed E-state index contributed by atoms with van der Waals surface area (Å²) in [6.07, 6.45) is 0. The Labute approximate surface area is 99.6 Å². The third-order valence-corrected chi connectivity index (χ3v) is 2.79. The Bertz CT molecular complexity index is 821. The second-order valence-corrected chi connectivity index (χ2v) is 3.86. The minimum atomic E-state index is -0.510. The number of benzene rings is 1. The summed E-state index contributed by atoms with van der Waals surface area (Å²) >= 11 is 0. The van der Waals surface area contributed by atoms with Crippen molar-refractivity contribution < 1.29 is 4.42 Å². The Balaban J connectivity index is 2.24. The number of hydrogen-bond donors (Lipinski definition) is 4. The molecule has 0 bridgehead atoms. The third-order valence-electron chi connectivity index (χ3n) is 2.79. The molecule has 7 heteroatoms. The number of nitrogens with two attached hydrogens (primary N) is 1. The molecule has 0 amide bonds. The smallest absolute Gasteiger partial charge is 0.408 e. The summed E-state index contributed by atoms with van der Waals surface area (Å²) in [6.45, 7) is 0.133. The minimum absolute atomic E-state index is 0.133. The van der Waals surface area contributed by atoms with Gasteiger partial charge in [-0.15, -0.1) is 0 Å². The number of hydrogen-bond acceptors (Lipinski definition) is 4. The first-order valence-corrected chi connectivity index (χ1v) is 5.32. The Morgan fingerprint density at radius 1 is 1.22 bits per heavy atom. The van der Waals surface area contributed by atoms with Gasteiger partial charge in [-0.2, -0.15) is 0 Å². The van der Waals surface area contributed by atoms with Crippen molar-refractivity contribution in [3.05, 3.63) is 44.7 Å². The van der Waals surface area contributed by atoms with Crippen LogP contribution in [0, 0.1) is 0 Å². The van der Waals surface area contributed by atoms with Crippen LogP contribution in [-0.2, 0) is 6.54 Å². The van der Waals surface area contributed by atoms with Crippen LogP contribution in [0.4, 0.5) is 0 Å². The van der Waals surface area contributed by atoms with Crippen LogP contribution in [0.1, 0.15) is 5.56 Å². The van der Waals surface area contributed by atoms with Crippen LogP contribution >= 0.6 is 0 Å². The number of H-pyrrole nitrogens is 3. The van der Waals surface area contributed by atoms with Gasteiger partial charge < -0.3 is 10.2 Å². The molecule has 1 aromatic carbocycles. The van der Waals surface area contributed by atoms with E-state index < -0.39 is 5.76 Å². The molecule has 3 aromatic rings. The molecule has 5 N–H and O–H groups in total. The van der Waals surface area contributed by atoms with E-state index in [1.807, 2.05) is 0 Å². The lowest BCUT2D eigenvalue weighted by Crippen LogP contribution is -2.10. The largest absolute Gasteiger partial charge is 0.417 e. The van der Waals surface area contributed by atoms with Gasteiger partial charge in [0.15, 0.2) is 5.58 Å². The van der Waals surface area contributed by atoms with E-state index in [0.29, 0.717) is 22.4 Å². The maximum Gasteiger partial charge on any atom is 0.417 e.